The first-order chi connectivity index (χ1) is 9.83. The first-order valence-electron chi connectivity index (χ1n) is 6.20. The van der Waals surface area contributed by atoms with Crippen LogP contribution >= 0.6 is 0 Å². The largest absolute Gasteiger partial charge is 0.472 e. The van der Waals surface area contributed by atoms with E-state index in [9.17, 15) is 4.79 Å². The van der Waals surface area contributed by atoms with Crippen LogP contribution in [0.15, 0.2) is 66.0 Å². The van der Waals surface area contributed by atoms with Crippen molar-refractivity contribution in [1.82, 2.24) is 14.9 Å². The van der Waals surface area contributed by atoms with Gasteiger partial charge in [0.15, 0.2) is 0 Å². The molecule has 3 aromatic rings. The summed E-state index contributed by atoms with van der Waals surface area (Å²) in [6, 6.07) is 9.56. The van der Waals surface area contributed by atoms with E-state index in [0.29, 0.717) is 12.1 Å². The van der Waals surface area contributed by atoms with Gasteiger partial charge in [-0.2, -0.15) is 0 Å². The Hall–Kier alpha value is -2.82. The molecule has 0 aliphatic heterocycles. The maximum absolute atomic E-state index is 11.7. The summed E-state index contributed by atoms with van der Waals surface area (Å²) in [5.74, 6) is -0.141. The number of amides is 1. The minimum atomic E-state index is -0.141. The van der Waals surface area contributed by atoms with Gasteiger partial charge in [-0.1, -0.05) is 12.1 Å². The van der Waals surface area contributed by atoms with Gasteiger partial charge in [0.05, 0.1) is 18.2 Å². The van der Waals surface area contributed by atoms with Crippen molar-refractivity contribution >= 4 is 5.91 Å². The Morgan fingerprint density at radius 2 is 2.10 bits per heavy atom. The van der Waals surface area contributed by atoms with Gasteiger partial charge in [-0.25, -0.2) is 4.98 Å². The molecular weight excluding hydrogens is 254 g/mol. The number of carbonyl (C=O) groups is 1. The number of imidazole rings is 1. The topological polar surface area (TPSA) is 60.1 Å². The fraction of sp³-hybridized carbons (Fsp3) is 0.0667. The van der Waals surface area contributed by atoms with Gasteiger partial charge in [0.2, 0.25) is 0 Å². The summed E-state index contributed by atoms with van der Waals surface area (Å²) in [5, 5.41) is 2.84. The Kier molecular flexibility index (Phi) is 3.33. The van der Waals surface area contributed by atoms with E-state index in [1.807, 2.05) is 35.0 Å². The molecule has 5 nitrogen and oxygen atoms in total. The van der Waals surface area contributed by atoms with E-state index in [4.69, 9.17) is 4.42 Å². The second-order valence-electron chi connectivity index (χ2n) is 4.33. The second kappa shape index (κ2) is 5.44. The maximum atomic E-state index is 11.7. The summed E-state index contributed by atoms with van der Waals surface area (Å²) in [7, 11) is 0. The summed E-state index contributed by atoms with van der Waals surface area (Å²) in [4.78, 5) is 15.8. The highest BCUT2D eigenvalue weighted by molar-refractivity contribution is 5.93. The van der Waals surface area contributed by atoms with Crippen LogP contribution in [-0.2, 0) is 6.54 Å². The van der Waals surface area contributed by atoms with Crippen molar-refractivity contribution in [3.8, 4) is 5.69 Å². The first kappa shape index (κ1) is 12.2. The first-order valence-corrected chi connectivity index (χ1v) is 6.20. The van der Waals surface area contributed by atoms with Crippen LogP contribution in [0.3, 0.4) is 0 Å². The summed E-state index contributed by atoms with van der Waals surface area (Å²) in [5.41, 5.74) is 2.60. The average molecular weight is 267 g/mol. The number of nitrogens with one attached hydrogen (secondary N) is 1. The smallest absolute Gasteiger partial charge is 0.254 e. The third kappa shape index (κ3) is 2.61. The lowest BCUT2D eigenvalue weighted by atomic mass is 10.2. The van der Waals surface area contributed by atoms with E-state index >= 15 is 0 Å². The Morgan fingerprint density at radius 1 is 1.25 bits per heavy atom. The van der Waals surface area contributed by atoms with Crippen LogP contribution in [0.1, 0.15) is 15.9 Å². The number of nitrogens with zero attached hydrogens (tertiary/aromatic N) is 2. The summed E-state index contributed by atoms with van der Waals surface area (Å²) >= 11 is 0. The van der Waals surface area contributed by atoms with Gasteiger partial charge in [0, 0.05) is 24.6 Å². The van der Waals surface area contributed by atoms with Gasteiger partial charge in [-0.15, -0.1) is 0 Å². The zero-order chi connectivity index (χ0) is 13.8. The third-order valence-electron chi connectivity index (χ3n) is 2.98. The van der Waals surface area contributed by atoms with Crippen molar-refractivity contribution in [1.29, 1.82) is 0 Å². The number of furan rings is 1. The van der Waals surface area contributed by atoms with Crippen LogP contribution in [0.5, 0.6) is 0 Å². The molecule has 2 aromatic heterocycles. The van der Waals surface area contributed by atoms with Gasteiger partial charge >= 0.3 is 0 Å². The molecular formula is C15H13N3O2. The third-order valence-corrected chi connectivity index (χ3v) is 2.98. The molecule has 2 heterocycles. The number of aromatic nitrogens is 2. The summed E-state index contributed by atoms with van der Waals surface area (Å²) in [6.07, 6.45) is 8.27. The molecule has 0 saturated heterocycles. The van der Waals surface area contributed by atoms with E-state index in [1.165, 1.54) is 12.5 Å². The van der Waals surface area contributed by atoms with E-state index in [0.717, 1.165) is 11.3 Å². The van der Waals surface area contributed by atoms with Crippen molar-refractivity contribution in [3.05, 3.63) is 72.7 Å². The molecule has 1 N–H and O–H groups in total. The quantitative estimate of drug-likeness (QED) is 0.789. The van der Waals surface area contributed by atoms with Crippen LogP contribution in [-0.4, -0.2) is 15.5 Å². The minimum Gasteiger partial charge on any atom is -0.472 e. The SMILES string of the molecule is O=C(NCc1ccc(-n2ccnc2)cc1)c1ccoc1. The van der Waals surface area contributed by atoms with Crippen molar-refractivity contribution < 1.29 is 9.21 Å². The molecule has 1 aromatic carbocycles. The number of benzene rings is 1. The van der Waals surface area contributed by atoms with Crippen molar-refractivity contribution in [2.24, 2.45) is 0 Å². The molecule has 0 bridgehead atoms. The zero-order valence-electron chi connectivity index (χ0n) is 10.7. The monoisotopic (exact) mass is 267 g/mol. The Labute approximate surface area is 115 Å². The molecule has 0 saturated carbocycles. The molecule has 5 heteroatoms. The molecule has 0 fully saturated rings. The van der Waals surface area contributed by atoms with Crippen LogP contribution < -0.4 is 5.32 Å². The molecule has 0 aliphatic rings. The predicted molar refractivity (Wildman–Crippen MR) is 73.4 cm³/mol. The highest BCUT2D eigenvalue weighted by Gasteiger charge is 2.06. The van der Waals surface area contributed by atoms with Crippen molar-refractivity contribution in [2.75, 3.05) is 0 Å². The molecule has 20 heavy (non-hydrogen) atoms. The summed E-state index contributed by atoms with van der Waals surface area (Å²) < 4.78 is 6.80. The molecule has 0 aliphatic carbocycles. The van der Waals surface area contributed by atoms with Crippen LogP contribution in [0.25, 0.3) is 5.69 Å². The summed E-state index contributed by atoms with van der Waals surface area (Å²) in [6.45, 7) is 0.480. The van der Waals surface area contributed by atoms with E-state index in [2.05, 4.69) is 10.3 Å². The van der Waals surface area contributed by atoms with Crippen LogP contribution in [0.2, 0.25) is 0 Å². The highest BCUT2D eigenvalue weighted by atomic mass is 16.3. The fourth-order valence-electron chi connectivity index (χ4n) is 1.88. The average Bonchev–Trinajstić information content (AvgIpc) is 3.18. The standard InChI is InChI=1S/C15H13N3O2/c19-15(13-5-8-20-10-13)17-9-12-1-3-14(4-2-12)18-7-6-16-11-18/h1-8,10-11H,9H2,(H,17,19). The normalized spacial score (nSPS) is 10.4. The Bertz CT molecular complexity index is 671. The minimum absolute atomic E-state index is 0.141. The maximum Gasteiger partial charge on any atom is 0.254 e. The van der Waals surface area contributed by atoms with E-state index in [-0.39, 0.29) is 5.91 Å². The Balaban J connectivity index is 1.63. The second-order valence-corrected chi connectivity index (χ2v) is 4.33. The van der Waals surface area contributed by atoms with E-state index in [1.54, 1.807) is 18.6 Å². The zero-order valence-corrected chi connectivity index (χ0v) is 10.7. The molecule has 1 amide bonds. The lowest BCUT2D eigenvalue weighted by molar-refractivity contribution is 0.0950. The fourth-order valence-corrected chi connectivity index (χ4v) is 1.88. The molecule has 100 valence electrons. The van der Waals surface area contributed by atoms with Crippen molar-refractivity contribution in [3.63, 3.8) is 0 Å². The predicted octanol–water partition coefficient (Wildman–Crippen LogP) is 2.40. The molecule has 0 radical (unpaired) electrons. The van der Waals surface area contributed by atoms with Gasteiger partial charge < -0.3 is 14.3 Å². The van der Waals surface area contributed by atoms with E-state index < -0.39 is 0 Å². The van der Waals surface area contributed by atoms with Gasteiger partial charge in [0.1, 0.15) is 6.26 Å². The van der Waals surface area contributed by atoms with Crippen molar-refractivity contribution in [2.45, 2.75) is 6.54 Å². The lowest BCUT2D eigenvalue weighted by Crippen LogP contribution is -2.22. The molecule has 0 unspecified atom stereocenters. The van der Waals surface area contributed by atoms with Gasteiger partial charge in [-0.3, -0.25) is 4.79 Å². The molecule has 0 spiro atoms. The van der Waals surface area contributed by atoms with Crippen LogP contribution in [0, 0.1) is 0 Å². The molecule has 0 atom stereocenters. The van der Waals surface area contributed by atoms with Gasteiger partial charge in [-0.05, 0) is 23.8 Å². The Morgan fingerprint density at radius 3 is 2.75 bits per heavy atom. The molecule has 3 rings (SSSR count). The lowest BCUT2D eigenvalue weighted by Gasteiger charge is -2.06. The van der Waals surface area contributed by atoms with Crippen LogP contribution in [0.4, 0.5) is 0 Å². The highest BCUT2D eigenvalue weighted by Crippen LogP contribution is 2.09. The van der Waals surface area contributed by atoms with Gasteiger partial charge in [0.25, 0.3) is 5.91 Å². The number of hydrogen-bond acceptors (Lipinski definition) is 3. The number of rotatable bonds is 4. The number of carbonyl (C=O) groups excluding carboxylic acids is 1. The number of hydrogen-bond donors (Lipinski definition) is 1.